The van der Waals surface area contributed by atoms with Crippen LogP contribution < -0.4 is 0 Å². The van der Waals surface area contributed by atoms with E-state index in [-0.39, 0.29) is 18.2 Å². The first-order valence-electron chi connectivity index (χ1n) is 10.2. The fourth-order valence-electron chi connectivity index (χ4n) is 4.48. The Bertz CT molecular complexity index is 996. The van der Waals surface area contributed by atoms with Gasteiger partial charge in [-0.05, 0) is 43.4 Å². The number of Topliss-reactive ketones (excluding diaryl/α,β-unsaturated/α-hetero) is 1. The molecule has 150 valence electrons. The van der Waals surface area contributed by atoms with Gasteiger partial charge in [-0.2, -0.15) is 0 Å². The number of hydrogen-bond acceptors (Lipinski definition) is 3. The first-order valence-corrected chi connectivity index (χ1v) is 10.2. The van der Waals surface area contributed by atoms with E-state index in [1.54, 1.807) is 0 Å². The lowest BCUT2D eigenvalue weighted by Gasteiger charge is -2.37. The summed E-state index contributed by atoms with van der Waals surface area (Å²) < 4.78 is 0. The fourth-order valence-corrected chi connectivity index (χ4v) is 4.48. The summed E-state index contributed by atoms with van der Waals surface area (Å²) in [7, 11) is 0. The number of carbonyl (C=O) groups is 2. The van der Waals surface area contributed by atoms with Crippen molar-refractivity contribution in [1.29, 1.82) is 0 Å². The maximum absolute atomic E-state index is 13.7. The van der Waals surface area contributed by atoms with Gasteiger partial charge in [0.25, 0.3) is 0 Å². The Kier molecular flexibility index (Phi) is 5.76. The molecule has 3 aromatic rings. The molecule has 0 radical (unpaired) electrons. The van der Waals surface area contributed by atoms with Gasteiger partial charge in [-0.25, -0.2) is 0 Å². The van der Waals surface area contributed by atoms with E-state index in [2.05, 4.69) is 9.88 Å². The zero-order chi connectivity index (χ0) is 20.2. The molecule has 2 atom stereocenters. The number of aliphatic carboxylic acids is 1. The van der Waals surface area contributed by atoms with Crippen LogP contribution in [0.1, 0.15) is 47.6 Å². The monoisotopic (exact) mass is 390 g/mol. The Morgan fingerprint density at radius 3 is 2.66 bits per heavy atom. The highest BCUT2D eigenvalue weighted by Crippen LogP contribution is 2.33. The van der Waals surface area contributed by atoms with Gasteiger partial charge < -0.3 is 10.1 Å². The largest absolute Gasteiger partial charge is 0.481 e. The number of ketones is 1. The molecular weight excluding hydrogens is 364 g/mol. The van der Waals surface area contributed by atoms with Gasteiger partial charge in [0.2, 0.25) is 0 Å². The van der Waals surface area contributed by atoms with Crippen molar-refractivity contribution in [2.75, 3.05) is 13.1 Å². The molecule has 0 saturated carbocycles. The number of aromatic nitrogens is 1. The Labute approximate surface area is 170 Å². The number of carbonyl (C=O) groups excluding carboxylic acids is 1. The number of nitrogens with zero attached hydrogens (tertiary/aromatic N) is 1. The predicted molar refractivity (Wildman–Crippen MR) is 113 cm³/mol. The number of hydrogen-bond donors (Lipinski definition) is 2. The highest BCUT2D eigenvalue weighted by Gasteiger charge is 2.33. The molecule has 2 N–H and O–H groups in total. The van der Waals surface area contributed by atoms with Crippen molar-refractivity contribution in [2.24, 2.45) is 5.92 Å². The minimum absolute atomic E-state index is 0.0903. The molecule has 2 unspecified atom stereocenters. The lowest BCUT2D eigenvalue weighted by molar-refractivity contribution is -0.137. The number of carboxylic acid groups (broad SMARTS) is 1. The van der Waals surface area contributed by atoms with Crippen molar-refractivity contribution in [3.05, 3.63) is 71.9 Å². The molecular formula is C24H26N2O3. The second kappa shape index (κ2) is 8.62. The summed E-state index contributed by atoms with van der Waals surface area (Å²) in [5.41, 5.74) is 2.66. The number of para-hydroxylation sites is 1. The van der Waals surface area contributed by atoms with Crippen LogP contribution in [0.4, 0.5) is 0 Å². The average molecular weight is 390 g/mol. The number of nitrogens with one attached hydrogen (secondary N) is 1. The number of fused-ring (bicyclic) bond motifs is 1. The van der Waals surface area contributed by atoms with E-state index in [9.17, 15) is 9.59 Å². The Hall–Kier alpha value is -2.92. The second-order valence-electron chi connectivity index (χ2n) is 7.86. The quantitative estimate of drug-likeness (QED) is 0.575. The van der Waals surface area contributed by atoms with Crippen LogP contribution in [0.3, 0.4) is 0 Å². The van der Waals surface area contributed by atoms with Crippen LogP contribution in [0.25, 0.3) is 10.9 Å². The van der Waals surface area contributed by atoms with Crippen LogP contribution >= 0.6 is 0 Å². The van der Waals surface area contributed by atoms with Gasteiger partial charge in [0.1, 0.15) is 0 Å². The summed E-state index contributed by atoms with van der Waals surface area (Å²) in [6.07, 6.45) is 4.66. The lowest BCUT2D eigenvalue weighted by atomic mass is 9.89. The van der Waals surface area contributed by atoms with E-state index < -0.39 is 5.97 Å². The molecule has 2 aromatic carbocycles. The minimum atomic E-state index is -0.753. The number of rotatable bonds is 7. The van der Waals surface area contributed by atoms with Gasteiger partial charge in [0.15, 0.2) is 5.78 Å². The number of benzene rings is 2. The fraction of sp³-hybridized carbons (Fsp3) is 0.333. The summed E-state index contributed by atoms with van der Waals surface area (Å²) >= 11 is 0. The number of aromatic amines is 1. The van der Waals surface area contributed by atoms with E-state index in [1.165, 1.54) is 0 Å². The highest BCUT2D eigenvalue weighted by molar-refractivity contribution is 6.10. The van der Waals surface area contributed by atoms with Crippen LogP contribution in [-0.2, 0) is 4.79 Å². The Morgan fingerprint density at radius 2 is 1.86 bits per heavy atom. The number of likely N-dealkylation sites (tertiary alicyclic amines) is 1. The molecule has 0 bridgehead atoms. The lowest BCUT2D eigenvalue weighted by Crippen LogP contribution is -2.41. The van der Waals surface area contributed by atoms with Crippen LogP contribution in [0.5, 0.6) is 0 Å². The topological polar surface area (TPSA) is 73.4 Å². The molecule has 29 heavy (non-hydrogen) atoms. The predicted octanol–water partition coefficient (Wildman–Crippen LogP) is 4.67. The molecule has 1 aliphatic heterocycles. The Morgan fingerprint density at radius 1 is 1.10 bits per heavy atom. The van der Waals surface area contributed by atoms with Gasteiger partial charge in [0.05, 0.1) is 6.04 Å². The molecule has 5 heteroatoms. The smallest absolute Gasteiger partial charge is 0.303 e. The van der Waals surface area contributed by atoms with Gasteiger partial charge in [-0.1, -0.05) is 48.5 Å². The third kappa shape index (κ3) is 4.25. The molecule has 0 spiro atoms. The summed E-state index contributed by atoms with van der Waals surface area (Å²) in [6.45, 7) is 1.60. The van der Waals surface area contributed by atoms with E-state index in [4.69, 9.17) is 5.11 Å². The maximum atomic E-state index is 13.7. The van der Waals surface area contributed by atoms with Crippen molar-refractivity contribution in [2.45, 2.75) is 31.7 Å². The van der Waals surface area contributed by atoms with Crippen molar-refractivity contribution in [3.8, 4) is 0 Å². The average Bonchev–Trinajstić information content (AvgIpc) is 3.18. The first kappa shape index (κ1) is 19.4. The van der Waals surface area contributed by atoms with Gasteiger partial charge in [-0.3, -0.25) is 14.5 Å². The van der Waals surface area contributed by atoms with E-state index >= 15 is 0 Å². The molecule has 4 rings (SSSR count). The zero-order valence-electron chi connectivity index (χ0n) is 16.4. The summed E-state index contributed by atoms with van der Waals surface area (Å²) in [5, 5.41) is 9.98. The summed E-state index contributed by atoms with van der Waals surface area (Å²) in [5.74, 6) is -0.356. The van der Waals surface area contributed by atoms with E-state index in [0.717, 1.165) is 42.4 Å². The molecule has 1 saturated heterocycles. The summed E-state index contributed by atoms with van der Waals surface area (Å²) in [4.78, 5) is 30.2. The second-order valence-corrected chi connectivity index (χ2v) is 7.86. The van der Waals surface area contributed by atoms with Crippen molar-refractivity contribution in [1.82, 2.24) is 9.88 Å². The van der Waals surface area contributed by atoms with Crippen molar-refractivity contribution < 1.29 is 14.7 Å². The standard InChI is InChI=1S/C24H26N2O3/c27-22(28)13-12-17-7-6-14-26(16-17)23(18-8-2-1-3-9-18)24(29)20-15-25-21-11-5-4-10-19(20)21/h1-5,8-11,15,17,23,25H,6-7,12-14,16H2,(H,27,28). The summed E-state index contributed by atoms with van der Waals surface area (Å²) in [6, 6.07) is 17.4. The molecule has 1 aliphatic rings. The van der Waals surface area contributed by atoms with Crippen LogP contribution in [-0.4, -0.2) is 39.8 Å². The molecule has 1 aromatic heterocycles. The van der Waals surface area contributed by atoms with E-state index in [0.29, 0.717) is 17.9 Å². The first-order chi connectivity index (χ1) is 14.1. The van der Waals surface area contributed by atoms with Crippen LogP contribution in [0, 0.1) is 5.92 Å². The molecule has 5 nitrogen and oxygen atoms in total. The number of H-pyrrole nitrogens is 1. The minimum Gasteiger partial charge on any atom is -0.481 e. The van der Waals surface area contributed by atoms with Gasteiger partial charge in [-0.15, -0.1) is 0 Å². The van der Waals surface area contributed by atoms with Gasteiger partial charge in [0, 0.05) is 35.6 Å². The molecule has 0 amide bonds. The van der Waals surface area contributed by atoms with E-state index in [1.807, 2.05) is 60.8 Å². The molecule has 1 fully saturated rings. The normalized spacial score (nSPS) is 18.6. The Balaban J connectivity index is 1.65. The zero-order valence-corrected chi connectivity index (χ0v) is 16.4. The number of carboxylic acids is 1. The SMILES string of the molecule is O=C(O)CCC1CCCN(C(C(=O)c2c[nH]c3ccccc23)c2ccccc2)C1. The third-order valence-electron chi connectivity index (χ3n) is 5.90. The molecule has 0 aliphatic carbocycles. The van der Waals surface area contributed by atoms with Crippen molar-refractivity contribution >= 4 is 22.7 Å². The third-order valence-corrected chi connectivity index (χ3v) is 5.90. The van der Waals surface area contributed by atoms with Gasteiger partial charge >= 0.3 is 5.97 Å². The molecule has 2 heterocycles. The number of piperidine rings is 1. The van der Waals surface area contributed by atoms with Crippen LogP contribution in [0.15, 0.2) is 60.8 Å². The maximum Gasteiger partial charge on any atom is 0.303 e. The van der Waals surface area contributed by atoms with Crippen LogP contribution in [0.2, 0.25) is 0 Å². The highest BCUT2D eigenvalue weighted by atomic mass is 16.4. The van der Waals surface area contributed by atoms with Crippen molar-refractivity contribution in [3.63, 3.8) is 0 Å².